The van der Waals surface area contributed by atoms with Crippen molar-refractivity contribution < 1.29 is 9.53 Å². The van der Waals surface area contributed by atoms with Gasteiger partial charge in [0.1, 0.15) is 11.2 Å². The van der Waals surface area contributed by atoms with Crippen LogP contribution in [0, 0.1) is 0 Å². The molecule has 0 saturated carbocycles. The molecular weight excluding hydrogens is 671 g/mol. The first kappa shape index (κ1) is 34.2. The van der Waals surface area contributed by atoms with Gasteiger partial charge in [0.2, 0.25) is 0 Å². The lowest BCUT2D eigenvalue weighted by Crippen LogP contribution is -2.44. The van der Waals surface area contributed by atoms with Crippen molar-refractivity contribution >= 4 is 52.5 Å². The molecule has 1 fully saturated rings. The van der Waals surface area contributed by atoms with Crippen LogP contribution in [-0.2, 0) is 16.1 Å². The Morgan fingerprint density at radius 2 is 1.80 bits per heavy atom. The number of rotatable bonds is 11. The summed E-state index contributed by atoms with van der Waals surface area (Å²) in [6, 6.07) is 15.0. The molecule has 1 N–H and O–H groups in total. The van der Waals surface area contributed by atoms with Crippen molar-refractivity contribution in [3.63, 3.8) is 0 Å². The number of aromatic amines is 1. The molecule has 1 saturated heterocycles. The van der Waals surface area contributed by atoms with Crippen LogP contribution in [0.5, 0.6) is 0 Å². The Morgan fingerprint density at radius 3 is 2.46 bits per heavy atom. The van der Waals surface area contributed by atoms with E-state index in [4.69, 9.17) is 44.5 Å². The molecule has 242 valence electrons. The van der Waals surface area contributed by atoms with Crippen molar-refractivity contribution in [3.8, 4) is 5.69 Å². The Kier molecular flexibility index (Phi) is 11.6. The third-order valence-corrected chi connectivity index (χ3v) is 10.0. The van der Waals surface area contributed by atoms with Gasteiger partial charge in [-0.25, -0.2) is 9.78 Å². The average molecular weight is 704 g/mol. The Bertz CT molecular complexity index is 1770. The first-order chi connectivity index (χ1) is 22.1. The van der Waals surface area contributed by atoms with Crippen molar-refractivity contribution in [2.45, 2.75) is 42.6 Å². The van der Waals surface area contributed by atoms with Crippen LogP contribution in [0.4, 0.5) is 0 Å². The summed E-state index contributed by atoms with van der Waals surface area (Å²) in [7, 11) is 2.11. The molecule has 0 radical (unpaired) electrons. The largest absolute Gasteiger partial charge is 0.465 e. The molecule has 1 aliphatic heterocycles. The maximum Gasteiger partial charge on any atom is 0.349 e. The van der Waals surface area contributed by atoms with Crippen LogP contribution in [0.1, 0.15) is 41.7 Å². The van der Waals surface area contributed by atoms with Gasteiger partial charge in [0.15, 0.2) is 0 Å². The van der Waals surface area contributed by atoms with E-state index < -0.39 is 11.2 Å². The highest BCUT2D eigenvalue weighted by Gasteiger charge is 2.27. The van der Waals surface area contributed by atoms with Crippen LogP contribution in [0.25, 0.3) is 5.69 Å². The summed E-state index contributed by atoms with van der Waals surface area (Å²) >= 11 is 21.6. The van der Waals surface area contributed by atoms with E-state index in [9.17, 15) is 14.4 Å². The number of piperidine rings is 1. The normalized spacial score (nSPS) is 14.8. The van der Waals surface area contributed by atoms with E-state index in [1.165, 1.54) is 11.8 Å². The predicted molar refractivity (Wildman–Crippen MR) is 181 cm³/mol. The standard InChI is InChI=1S/C32H33Cl3N6O4S/c1-3-45-28(43)19-40-13-10-23(11-14-40)39(2)18-21-5-4-12-36-31(21)46-30(20-6-8-22(33)9-7-20)29-25(34)15-24(16-26(29)35)41-32(44)38-27(42)17-37-41/h4-9,12,15-17,23,30H,3,10-11,13-14,18-19H2,1-2H3,(H,38,42,44). The number of hydrogen-bond donors (Lipinski definition) is 1. The van der Waals surface area contributed by atoms with E-state index >= 15 is 0 Å². The van der Waals surface area contributed by atoms with Crippen molar-refractivity contribution in [2.24, 2.45) is 0 Å². The highest BCUT2D eigenvalue weighted by atomic mass is 35.5. The van der Waals surface area contributed by atoms with Gasteiger partial charge in [0.05, 0.1) is 24.1 Å². The fraction of sp³-hybridized carbons (Fsp3) is 0.344. The number of halogens is 3. The monoisotopic (exact) mass is 702 g/mol. The molecule has 1 atom stereocenters. The quantitative estimate of drug-likeness (QED) is 0.157. The Labute approximate surface area is 285 Å². The highest BCUT2D eigenvalue weighted by Crippen LogP contribution is 2.47. The zero-order valence-corrected chi connectivity index (χ0v) is 28.4. The number of nitrogens with zero attached hydrogens (tertiary/aromatic N) is 5. The molecule has 2 aromatic carbocycles. The van der Waals surface area contributed by atoms with Gasteiger partial charge in [-0.1, -0.05) is 64.8 Å². The number of carbonyl (C=O) groups is 1. The minimum absolute atomic E-state index is 0.182. The van der Waals surface area contributed by atoms with Crippen molar-refractivity contribution in [1.82, 2.24) is 29.5 Å². The summed E-state index contributed by atoms with van der Waals surface area (Å²) in [4.78, 5) is 47.3. The van der Waals surface area contributed by atoms with Crippen LogP contribution >= 0.6 is 46.6 Å². The van der Waals surface area contributed by atoms with Crippen molar-refractivity contribution in [2.75, 3.05) is 33.3 Å². The van der Waals surface area contributed by atoms with Gasteiger partial charge in [-0.3, -0.25) is 24.4 Å². The maximum absolute atomic E-state index is 12.4. The molecule has 2 aromatic heterocycles. The van der Waals surface area contributed by atoms with E-state index in [2.05, 4.69) is 33.0 Å². The minimum Gasteiger partial charge on any atom is -0.465 e. The molecule has 1 aliphatic rings. The number of aromatic nitrogens is 4. The smallest absolute Gasteiger partial charge is 0.349 e. The molecule has 14 heteroatoms. The average Bonchev–Trinajstić information content (AvgIpc) is 3.02. The summed E-state index contributed by atoms with van der Waals surface area (Å²) in [6.45, 7) is 4.86. The molecule has 10 nitrogen and oxygen atoms in total. The number of benzene rings is 2. The van der Waals surface area contributed by atoms with E-state index in [0.717, 1.165) is 53.0 Å². The number of H-pyrrole nitrogens is 1. The van der Waals surface area contributed by atoms with Crippen LogP contribution < -0.4 is 11.2 Å². The zero-order valence-electron chi connectivity index (χ0n) is 25.3. The lowest BCUT2D eigenvalue weighted by Gasteiger charge is -2.36. The molecule has 46 heavy (non-hydrogen) atoms. The fourth-order valence-electron chi connectivity index (χ4n) is 5.48. The number of likely N-dealkylation sites (tertiary alicyclic amines) is 1. The minimum atomic E-state index is -0.706. The zero-order chi connectivity index (χ0) is 32.8. The van der Waals surface area contributed by atoms with Crippen molar-refractivity contribution in [1.29, 1.82) is 0 Å². The molecule has 5 rings (SSSR count). The number of hydrogen-bond acceptors (Lipinski definition) is 9. The summed E-state index contributed by atoms with van der Waals surface area (Å²) in [5.74, 6) is -0.182. The second kappa shape index (κ2) is 15.6. The number of thioether (sulfide) groups is 1. The number of ether oxygens (including phenoxy) is 1. The number of esters is 1. The number of pyridine rings is 1. The molecule has 4 aromatic rings. The summed E-state index contributed by atoms with van der Waals surface area (Å²) in [5, 5.41) is 5.60. The first-order valence-corrected chi connectivity index (χ1v) is 16.8. The van der Waals surface area contributed by atoms with Gasteiger partial charge in [-0.15, -0.1) is 0 Å². The highest BCUT2D eigenvalue weighted by molar-refractivity contribution is 7.99. The van der Waals surface area contributed by atoms with Crippen LogP contribution in [0.15, 0.2) is 75.5 Å². The SMILES string of the molecule is CCOC(=O)CN1CCC(N(C)Cc2cccnc2SC(c2ccc(Cl)cc2)c2c(Cl)cc(-n3ncc(=O)[nH]c3=O)cc2Cl)CC1. The van der Waals surface area contributed by atoms with E-state index in [1.54, 1.807) is 18.3 Å². The van der Waals surface area contributed by atoms with Crippen molar-refractivity contribution in [3.05, 3.63) is 114 Å². The summed E-state index contributed by atoms with van der Waals surface area (Å²) in [6.07, 6.45) is 4.66. The Balaban J connectivity index is 1.40. The van der Waals surface area contributed by atoms with E-state index in [1.807, 2.05) is 37.3 Å². The topological polar surface area (TPSA) is 113 Å². The van der Waals surface area contributed by atoms with Gasteiger partial charge in [-0.2, -0.15) is 9.78 Å². The fourth-order valence-corrected chi connectivity index (χ4v) is 7.72. The second-order valence-corrected chi connectivity index (χ2v) is 13.3. The lowest BCUT2D eigenvalue weighted by atomic mass is 10.0. The van der Waals surface area contributed by atoms with Gasteiger partial charge < -0.3 is 4.74 Å². The van der Waals surface area contributed by atoms with E-state index in [0.29, 0.717) is 52.1 Å². The summed E-state index contributed by atoms with van der Waals surface area (Å²) in [5.41, 5.74) is 1.59. The molecule has 3 heterocycles. The number of nitrogens with one attached hydrogen (secondary N) is 1. The van der Waals surface area contributed by atoms with Gasteiger partial charge in [0.25, 0.3) is 5.56 Å². The number of carbonyl (C=O) groups excluding carboxylic acids is 1. The molecule has 0 bridgehead atoms. The van der Waals surface area contributed by atoms with E-state index in [-0.39, 0.29) is 11.2 Å². The van der Waals surface area contributed by atoms with Gasteiger partial charge >= 0.3 is 11.7 Å². The third kappa shape index (κ3) is 8.39. The first-order valence-electron chi connectivity index (χ1n) is 14.7. The Hall–Kier alpha value is -3.19. The molecule has 0 amide bonds. The lowest BCUT2D eigenvalue weighted by molar-refractivity contribution is -0.144. The molecular formula is C32H33Cl3N6O4S. The van der Waals surface area contributed by atoms with Gasteiger partial charge in [0, 0.05) is 52.5 Å². The summed E-state index contributed by atoms with van der Waals surface area (Å²) < 4.78 is 6.14. The van der Waals surface area contributed by atoms with Crippen LogP contribution in [0.2, 0.25) is 15.1 Å². The Morgan fingerprint density at radius 1 is 1.11 bits per heavy atom. The second-order valence-electron chi connectivity index (χ2n) is 10.9. The molecule has 0 spiro atoms. The predicted octanol–water partition coefficient (Wildman–Crippen LogP) is 5.62. The van der Waals surface area contributed by atoms with Gasteiger partial charge in [-0.05, 0) is 68.3 Å². The molecule has 0 aliphatic carbocycles. The van der Waals surface area contributed by atoms with Crippen LogP contribution in [-0.4, -0.2) is 74.8 Å². The van der Waals surface area contributed by atoms with Crippen LogP contribution in [0.3, 0.4) is 0 Å². The maximum atomic E-state index is 12.4. The molecule has 1 unspecified atom stereocenters. The third-order valence-electron chi connectivity index (χ3n) is 7.79.